The van der Waals surface area contributed by atoms with Gasteiger partial charge in [-0.15, -0.1) is 11.3 Å². The molecule has 63 heavy (non-hydrogen) atoms. The third-order valence-electron chi connectivity index (χ3n) is 12.2. The maximum absolute atomic E-state index is 6.78. The van der Waals surface area contributed by atoms with E-state index in [-0.39, 0.29) is 0 Å². The number of furan rings is 2. The first-order chi connectivity index (χ1) is 31.2. The highest BCUT2D eigenvalue weighted by Crippen LogP contribution is 2.45. The first-order valence-corrected chi connectivity index (χ1v) is 21.8. The van der Waals surface area contributed by atoms with Crippen LogP contribution in [0.5, 0.6) is 0 Å². The van der Waals surface area contributed by atoms with Crippen LogP contribution in [0.2, 0.25) is 0 Å². The van der Waals surface area contributed by atoms with Gasteiger partial charge in [0.2, 0.25) is 0 Å². The fourth-order valence-electron chi connectivity index (χ4n) is 9.15. The molecule has 0 spiro atoms. The predicted molar refractivity (Wildman–Crippen MR) is 260 cm³/mol. The maximum Gasteiger partial charge on any atom is 0.164 e. The lowest BCUT2D eigenvalue weighted by atomic mass is 9.93. The van der Waals surface area contributed by atoms with E-state index in [4.69, 9.17) is 23.8 Å². The molecule has 9 aromatic carbocycles. The summed E-state index contributed by atoms with van der Waals surface area (Å²) in [6.45, 7) is 0. The van der Waals surface area contributed by atoms with Gasteiger partial charge >= 0.3 is 0 Å². The Bertz CT molecular complexity index is 3900. The Morgan fingerprint density at radius 3 is 1.70 bits per heavy atom. The van der Waals surface area contributed by atoms with E-state index in [9.17, 15) is 0 Å². The van der Waals surface area contributed by atoms with Crippen LogP contribution in [0, 0.1) is 0 Å². The largest absolute Gasteiger partial charge is 0.456 e. The molecule has 13 aromatic rings. The quantitative estimate of drug-likeness (QED) is 0.167. The monoisotopic (exact) mass is 823 g/mol. The van der Waals surface area contributed by atoms with E-state index in [1.165, 1.54) is 20.2 Å². The van der Waals surface area contributed by atoms with Crippen LogP contribution in [-0.2, 0) is 0 Å². The summed E-state index contributed by atoms with van der Waals surface area (Å²) in [4.78, 5) is 15.4. The fourth-order valence-corrected chi connectivity index (χ4v) is 10.3. The van der Waals surface area contributed by atoms with Crippen molar-refractivity contribution in [3.63, 3.8) is 0 Å². The molecule has 5 nitrogen and oxygen atoms in total. The van der Waals surface area contributed by atoms with Crippen molar-refractivity contribution in [3.05, 3.63) is 200 Å². The van der Waals surface area contributed by atoms with Gasteiger partial charge in [0.05, 0.1) is 0 Å². The minimum atomic E-state index is 0.577. The molecule has 0 saturated carbocycles. The van der Waals surface area contributed by atoms with E-state index in [1.807, 2.05) is 65.9 Å². The number of para-hydroxylation sites is 1. The summed E-state index contributed by atoms with van der Waals surface area (Å²) in [6, 6.07) is 69.7. The highest BCUT2D eigenvalue weighted by Gasteiger charge is 2.21. The lowest BCUT2D eigenvalue weighted by Crippen LogP contribution is -2.00. The Labute approximate surface area is 365 Å². The summed E-state index contributed by atoms with van der Waals surface area (Å²) in [6.07, 6.45) is 0. The molecule has 0 aliphatic rings. The molecule has 294 valence electrons. The lowest BCUT2D eigenvalue weighted by Gasteiger charge is -2.10. The fraction of sp³-hybridized carbons (Fsp3) is 0. The topological polar surface area (TPSA) is 65.0 Å². The molecule has 0 amide bonds. The minimum absolute atomic E-state index is 0.577. The molecular weight excluding hydrogens is 791 g/mol. The van der Waals surface area contributed by atoms with Gasteiger partial charge in [-0.2, -0.15) is 0 Å². The van der Waals surface area contributed by atoms with Crippen LogP contribution in [0.25, 0.3) is 132 Å². The zero-order chi connectivity index (χ0) is 41.4. The number of hydrogen-bond donors (Lipinski definition) is 0. The van der Waals surface area contributed by atoms with Gasteiger partial charge in [-0.1, -0.05) is 158 Å². The number of nitrogens with zero attached hydrogens (tertiary/aromatic N) is 3. The molecule has 4 heterocycles. The van der Waals surface area contributed by atoms with Gasteiger partial charge in [0.15, 0.2) is 17.5 Å². The van der Waals surface area contributed by atoms with E-state index in [2.05, 4.69) is 146 Å². The summed E-state index contributed by atoms with van der Waals surface area (Å²) in [5.74, 6) is 1.78. The zero-order valence-corrected chi connectivity index (χ0v) is 34.4. The molecule has 0 bridgehead atoms. The number of rotatable bonds is 6. The summed E-state index contributed by atoms with van der Waals surface area (Å²) in [7, 11) is 0. The van der Waals surface area contributed by atoms with E-state index >= 15 is 0 Å². The molecule has 4 aromatic heterocycles. The van der Waals surface area contributed by atoms with Gasteiger partial charge < -0.3 is 8.83 Å². The molecule has 0 unspecified atom stereocenters. The second-order valence-corrected chi connectivity index (χ2v) is 17.0. The van der Waals surface area contributed by atoms with Crippen molar-refractivity contribution in [2.24, 2.45) is 0 Å². The van der Waals surface area contributed by atoms with Crippen molar-refractivity contribution in [2.75, 3.05) is 0 Å². The molecular formula is C57H33N3O2S. The maximum atomic E-state index is 6.78. The van der Waals surface area contributed by atoms with Crippen molar-refractivity contribution in [1.29, 1.82) is 0 Å². The van der Waals surface area contributed by atoms with Crippen LogP contribution in [0.4, 0.5) is 0 Å². The van der Waals surface area contributed by atoms with Crippen LogP contribution < -0.4 is 0 Å². The minimum Gasteiger partial charge on any atom is -0.456 e. The Hall–Kier alpha value is -8.19. The van der Waals surface area contributed by atoms with Crippen molar-refractivity contribution >= 4 is 75.4 Å². The third kappa shape index (κ3) is 5.87. The third-order valence-corrected chi connectivity index (χ3v) is 13.3. The molecule has 0 N–H and O–H groups in total. The van der Waals surface area contributed by atoms with E-state index in [0.717, 1.165) is 93.9 Å². The SMILES string of the molecule is c1ccc(-c2ccc(-c3nc(-c4ccccc4)nc(-c4cccc5oc6ccc(-c7ccc(-c8ccc9c(c8)sc8ccccc89)c8oc9ccccc9c78)cc6c45)n3)cc2)cc1. The van der Waals surface area contributed by atoms with Gasteiger partial charge in [0.25, 0.3) is 0 Å². The first-order valence-electron chi connectivity index (χ1n) is 21.0. The van der Waals surface area contributed by atoms with Gasteiger partial charge in [0, 0.05) is 64.0 Å². The first kappa shape index (κ1) is 35.6. The van der Waals surface area contributed by atoms with Gasteiger partial charge in [-0.25, -0.2) is 15.0 Å². The predicted octanol–water partition coefficient (Wildman–Crippen LogP) is 16.0. The number of hydrogen-bond acceptors (Lipinski definition) is 6. The molecule has 6 heteroatoms. The molecule has 0 fully saturated rings. The Morgan fingerprint density at radius 1 is 0.302 bits per heavy atom. The number of aromatic nitrogens is 3. The summed E-state index contributed by atoms with van der Waals surface area (Å²) in [5.41, 5.74) is 12.6. The molecule has 0 aliphatic carbocycles. The average molecular weight is 824 g/mol. The Kier molecular flexibility index (Phi) is 8.01. The molecule has 0 aliphatic heterocycles. The summed E-state index contributed by atoms with van der Waals surface area (Å²) in [5, 5.41) is 6.66. The smallest absolute Gasteiger partial charge is 0.164 e. The summed E-state index contributed by atoms with van der Waals surface area (Å²) < 4.78 is 15.9. The van der Waals surface area contributed by atoms with E-state index < -0.39 is 0 Å². The van der Waals surface area contributed by atoms with Crippen LogP contribution in [0.3, 0.4) is 0 Å². The van der Waals surface area contributed by atoms with E-state index in [1.54, 1.807) is 0 Å². The van der Waals surface area contributed by atoms with Crippen molar-refractivity contribution in [2.45, 2.75) is 0 Å². The van der Waals surface area contributed by atoms with Gasteiger partial charge in [-0.05, 0) is 70.3 Å². The second kappa shape index (κ2) is 14.2. The van der Waals surface area contributed by atoms with Gasteiger partial charge in [-0.3, -0.25) is 0 Å². The van der Waals surface area contributed by atoms with Crippen LogP contribution >= 0.6 is 11.3 Å². The number of fused-ring (bicyclic) bond motifs is 9. The standard InChI is InChI=1S/C57H33N3O2S/c1-3-12-34(13-4-1)35-22-24-37(25-23-35)56-58-55(36-14-5-2-6-15-36)59-57(60-56)45-18-11-20-49-52(45)46-32-38(27-31-48(46)61-49)40-29-30-41(54-53(40)44-17-7-9-19-47(44)62-54)39-26-28-43-42-16-8-10-21-50(42)63-51(43)33-39/h1-33H. The van der Waals surface area contributed by atoms with Crippen LogP contribution in [0.15, 0.2) is 209 Å². The van der Waals surface area contributed by atoms with Crippen molar-refractivity contribution < 1.29 is 8.83 Å². The zero-order valence-electron chi connectivity index (χ0n) is 33.6. The van der Waals surface area contributed by atoms with Crippen molar-refractivity contribution in [1.82, 2.24) is 15.0 Å². The molecule has 0 saturated heterocycles. The number of benzene rings is 9. The highest BCUT2D eigenvalue weighted by molar-refractivity contribution is 7.25. The van der Waals surface area contributed by atoms with Crippen molar-refractivity contribution in [3.8, 4) is 67.5 Å². The number of thiophene rings is 1. The van der Waals surface area contributed by atoms with E-state index in [0.29, 0.717) is 17.5 Å². The second-order valence-electron chi connectivity index (χ2n) is 15.9. The highest BCUT2D eigenvalue weighted by atomic mass is 32.1. The Morgan fingerprint density at radius 2 is 0.873 bits per heavy atom. The molecule has 13 rings (SSSR count). The Balaban J connectivity index is 0.977. The molecule has 0 radical (unpaired) electrons. The lowest BCUT2D eigenvalue weighted by molar-refractivity contribution is 0.669. The normalized spacial score (nSPS) is 11.8. The van der Waals surface area contributed by atoms with Crippen LogP contribution in [0.1, 0.15) is 0 Å². The van der Waals surface area contributed by atoms with Crippen LogP contribution in [-0.4, -0.2) is 15.0 Å². The average Bonchev–Trinajstić information content (AvgIpc) is 4.05. The molecule has 0 atom stereocenters. The summed E-state index contributed by atoms with van der Waals surface area (Å²) >= 11 is 1.83. The van der Waals surface area contributed by atoms with Gasteiger partial charge in [0.1, 0.15) is 22.3 Å².